The van der Waals surface area contributed by atoms with Gasteiger partial charge in [-0.2, -0.15) is 0 Å². The van der Waals surface area contributed by atoms with Gasteiger partial charge in [-0.3, -0.25) is 9.69 Å². The first-order valence-electron chi connectivity index (χ1n) is 11.6. The zero-order valence-electron chi connectivity index (χ0n) is 18.2. The van der Waals surface area contributed by atoms with Crippen molar-refractivity contribution in [3.8, 4) is 0 Å². The van der Waals surface area contributed by atoms with E-state index in [2.05, 4.69) is 54.0 Å². The van der Waals surface area contributed by atoms with Gasteiger partial charge in [-0.25, -0.2) is 0 Å². The number of allylic oxidation sites excluding steroid dienone is 1. The molecule has 5 heteroatoms. The lowest BCUT2D eigenvalue weighted by atomic mass is 9.55. The smallest absolute Gasteiger partial charge is 0.311 e. The van der Waals surface area contributed by atoms with Crippen molar-refractivity contribution < 1.29 is 14.6 Å². The van der Waals surface area contributed by atoms with Crippen molar-refractivity contribution in [1.82, 2.24) is 4.90 Å². The van der Waals surface area contributed by atoms with Crippen LogP contribution in [-0.2, 0) is 9.53 Å². The van der Waals surface area contributed by atoms with Crippen LogP contribution in [-0.4, -0.2) is 60.9 Å². The van der Waals surface area contributed by atoms with Crippen molar-refractivity contribution in [2.24, 2.45) is 23.2 Å². The second kappa shape index (κ2) is 7.69. The fourth-order valence-corrected chi connectivity index (χ4v) is 6.38. The highest BCUT2D eigenvalue weighted by molar-refractivity contribution is 5.76. The summed E-state index contributed by atoms with van der Waals surface area (Å²) < 4.78 is 5.83. The fourth-order valence-electron chi connectivity index (χ4n) is 6.38. The van der Waals surface area contributed by atoms with Crippen molar-refractivity contribution in [2.45, 2.75) is 45.3 Å². The van der Waals surface area contributed by atoms with Gasteiger partial charge in [-0.15, -0.1) is 0 Å². The molecule has 2 aliphatic heterocycles. The molecule has 1 N–H and O–H groups in total. The van der Waals surface area contributed by atoms with Crippen LogP contribution in [0, 0.1) is 23.2 Å². The number of aliphatic hydroxyl groups excluding tert-OH is 1. The molecule has 6 atom stereocenters. The molecular formula is C25H34N2O3. The molecule has 3 fully saturated rings. The van der Waals surface area contributed by atoms with Crippen LogP contribution in [0.15, 0.2) is 42.0 Å². The zero-order valence-corrected chi connectivity index (χ0v) is 18.2. The predicted molar refractivity (Wildman–Crippen MR) is 117 cm³/mol. The van der Waals surface area contributed by atoms with E-state index < -0.39 is 6.10 Å². The van der Waals surface area contributed by atoms with E-state index in [4.69, 9.17) is 4.74 Å². The molecule has 162 valence electrons. The summed E-state index contributed by atoms with van der Waals surface area (Å²) in [4.78, 5) is 17.6. The number of carbonyl (C=O) groups is 1. The number of hydrogen-bond acceptors (Lipinski definition) is 5. The number of aliphatic hydroxyl groups is 1. The molecule has 1 saturated carbocycles. The molecule has 5 rings (SSSR count). The first-order valence-corrected chi connectivity index (χ1v) is 11.6. The SMILES string of the molecule is C[C@H]1CCC=C2C[C@H]3OC(=O)[C@@H](CN4CCN(c5ccccc5)CC4)[C@H]3[C@H](O)[C@@]21C. The van der Waals surface area contributed by atoms with Gasteiger partial charge in [0.05, 0.1) is 12.0 Å². The Kier molecular flexibility index (Phi) is 5.14. The van der Waals surface area contributed by atoms with Crippen molar-refractivity contribution >= 4 is 11.7 Å². The van der Waals surface area contributed by atoms with E-state index in [0.29, 0.717) is 12.5 Å². The van der Waals surface area contributed by atoms with E-state index >= 15 is 0 Å². The van der Waals surface area contributed by atoms with E-state index in [1.165, 1.54) is 11.3 Å². The third-order valence-electron chi connectivity index (χ3n) is 8.52. The molecular weight excluding hydrogens is 376 g/mol. The van der Waals surface area contributed by atoms with Gasteiger partial charge in [-0.05, 0) is 30.9 Å². The van der Waals surface area contributed by atoms with Gasteiger partial charge in [0, 0.05) is 56.2 Å². The molecule has 0 aromatic heterocycles. The van der Waals surface area contributed by atoms with Crippen LogP contribution in [0.5, 0.6) is 0 Å². The van der Waals surface area contributed by atoms with Gasteiger partial charge >= 0.3 is 5.97 Å². The van der Waals surface area contributed by atoms with E-state index in [9.17, 15) is 9.90 Å². The Balaban J connectivity index is 1.28. The molecule has 4 aliphatic rings. The minimum Gasteiger partial charge on any atom is -0.461 e. The van der Waals surface area contributed by atoms with Gasteiger partial charge in [0.25, 0.3) is 0 Å². The Labute approximate surface area is 179 Å². The maximum atomic E-state index is 12.8. The number of fused-ring (bicyclic) bond motifs is 2. The molecule has 2 aliphatic carbocycles. The lowest BCUT2D eigenvalue weighted by molar-refractivity contribution is -0.145. The van der Waals surface area contributed by atoms with E-state index in [1.54, 1.807) is 0 Å². The van der Waals surface area contributed by atoms with Gasteiger partial charge < -0.3 is 14.7 Å². The number of rotatable bonds is 3. The van der Waals surface area contributed by atoms with E-state index in [-0.39, 0.29) is 29.3 Å². The standard InChI is InChI=1S/C25H34N2O3/c1-17-7-6-8-18-15-21-22(23(28)25(17,18)2)20(24(29)30-21)16-26-11-13-27(14-12-26)19-9-4-3-5-10-19/h3-5,8-10,17,20-23,28H,6-7,11-16H2,1-2H3/t17-,20-,21+,22+,23-,25+/m0/s1. The van der Waals surface area contributed by atoms with E-state index in [1.807, 2.05) is 6.07 Å². The van der Waals surface area contributed by atoms with Crippen LogP contribution in [0.2, 0.25) is 0 Å². The predicted octanol–water partition coefficient (Wildman–Crippen LogP) is 3.09. The molecule has 1 aromatic carbocycles. The average Bonchev–Trinajstić information content (AvgIpc) is 3.07. The summed E-state index contributed by atoms with van der Waals surface area (Å²) in [7, 11) is 0. The summed E-state index contributed by atoms with van der Waals surface area (Å²) in [6, 6.07) is 10.5. The highest BCUT2D eigenvalue weighted by Crippen LogP contribution is 2.56. The minimum atomic E-state index is -0.514. The third-order valence-corrected chi connectivity index (χ3v) is 8.52. The number of para-hydroxylation sites is 1. The normalized spacial score (nSPS) is 39.2. The fraction of sp³-hybridized carbons (Fsp3) is 0.640. The van der Waals surface area contributed by atoms with Crippen LogP contribution in [0.3, 0.4) is 0 Å². The van der Waals surface area contributed by atoms with Crippen LogP contribution < -0.4 is 4.90 Å². The van der Waals surface area contributed by atoms with Crippen molar-refractivity contribution in [3.05, 3.63) is 42.0 Å². The summed E-state index contributed by atoms with van der Waals surface area (Å²) in [5, 5.41) is 11.5. The van der Waals surface area contributed by atoms with Gasteiger partial charge in [0.2, 0.25) is 0 Å². The maximum absolute atomic E-state index is 12.8. The number of nitrogens with zero attached hydrogens (tertiary/aromatic N) is 2. The highest BCUT2D eigenvalue weighted by Gasteiger charge is 2.59. The Morgan fingerprint density at radius 2 is 1.90 bits per heavy atom. The molecule has 1 aromatic rings. The first kappa shape index (κ1) is 20.1. The van der Waals surface area contributed by atoms with E-state index in [0.717, 1.165) is 45.4 Å². The largest absolute Gasteiger partial charge is 0.461 e. The Hall–Kier alpha value is -1.85. The number of hydrogen-bond donors (Lipinski definition) is 1. The lowest BCUT2D eigenvalue weighted by Crippen LogP contribution is -2.55. The molecule has 5 nitrogen and oxygen atoms in total. The Bertz CT molecular complexity index is 817. The summed E-state index contributed by atoms with van der Waals surface area (Å²) in [6.07, 6.45) is 4.59. The molecule has 2 heterocycles. The molecule has 0 bridgehead atoms. The average molecular weight is 411 g/mol. The summed E-state index contributed by atoms with van der Waals surface area (Å²) in [5.41, 5.74) is 2.34. The van der Waals surface area contributed by atoms with Gasteiger partial charge in [0.1, 0.15) is 6.10 Å². The number of esters is 1. The topological polar surface area (TPSA) is 53.0 Å². The second-order valence-electron chi connectivity index (χ2n) is 9.92. The van der Waals surface area contributed by atoms with Crippen molar-refractivity contribution in [2.75, 3.05) is 37.6 Å². The van der Waals surface area contributed by atoms with Crippen LogP contribution in [0.25, 0.3) is 0 Å². The number of anilines is 1. The van der Waals surface area contributed by atoms with Crippen molar-refractivity contribution in [1.29, 1.82) is 0 Å². The molecule has 0 spiro atoms. The minimum absolute atomic E-state index is 0.0904. The second-order valence-corrected chi connectivity index (χ2v) is 9.92. The quantitative estimate of drug-likeness (QED) is 0.613. The summed E-state index contributed by atoms with van der Waals surface area (Å²) >= 11 is 0. The number of piperazine rings is 1. The molecule has 0 unspecified atom stereocenters. The number of benzene rings is 1. The van der Waals surface area contributed by atoms with Crippen molar-refractivity contribution in [3.63, 3.8) is 0 Å². The Morgan fingerprint density at radius 3 is 2.63 bits per heavy atom. The summed E-state index contributed by atoms with van der Waals surface area (Å²) in [6.45, 7) is 8.96. The molecule has 0 amide bonds. The van der Waals surface area contributed by atoms with Gasteiger partial charge in [0.15, 0.2) is 0 Å². The number of carbonyl (C=O) groups excluding carboxylic acids is 1. The van der Waals surface area contributed by atoms with Crippen LogP contribution in [0.1, 0.15) is 33.1 Å². The first-order chi connectivity index (χ1) is 14.5. The highest BCUT2D eigenvalue weighted by atomic mass is 16.6. The third kappa shape index (κ3) is 3.18. The Morgan fingerprint density at radius 1 is 1.17 bits per heavy atom. The van der Waals surface area contributed by atoms with Crippen LogP contribution in [0.4, 0.5) is 5.69 Å². The monoisotopic (exact) mass is 410 g/mol. The van der Waals surface area contributed by atoms with Crippen LogP contribution >= 0.6 is 0 Å². The maximum Gasteiger partial charge on any atom is 0.311 e. The van der Waals surface area contributed by atoms with Gasteiger partial charge in [-0.1, -0.05) is 43.7 Å². The lowest BCUT2D eigenvalue weighted by Gasteiger charge is -2.52. The molecule has 2 saturated heterocycles. The summed E-state index contributed by atoms with van der Waals surface area (Å²) in [5.74, 6) is 0.0115. The molecule has 0 radical (unpaired) electrons. The number of ether oxygens (including phenoxy) is 1. The zero-order chi connectivity index (χ0) is 20.9. The molecule has 30 heavy (non-hydrogen) atoms.